The van der Waals surface area contributed by atoms with Crippen LogP contribution in [-0.2, 0) is 28.6 Å². The molecule has 0 aliphatic rings. The first-order chi connectivity index (χ1) is 30.0. The van der Waals surface area contributed by atoms with Crippen molar-refractivity contribution in [3.63, 3.8) is 0 Å². The van der Waals surface area contributed by atoms with Crippen molar-refractivity contribution < 1.29 is 28.6 Å². The SMILES string of the molecule is CC/C=C\C/C=C\C/C=C\C/C=C\CCCCCCCCCCC(=O)OCC(COC(=O)CCCCCCCC)OC(=O)CCCCCCCCCCCCCCCCCC. The fourth-order valence-electron chi connectivity index (χ4n) is 7.43. The van der Waals surface area contributed by atoms with E-state index in [1.54, 1.807) is 0 Å². The number of unbranched alkanes of at least 4 members (excludes halogenated alkanes) is 28. The molecule has 0 aromatic carbocycles. The maximum atomic E-state index is 12.7. The lowest BCUT2D eigenvalue weighted by molar-refractivity contribution is -0.167. The number of carbonyl (C=O) groups excluding carboxylic acids is 3. The van der Waals surface area contributed by atoms with Crippen LogP contribution in [0.2, 0.25) is 0 Å². The van der Waals surface area contributed by atoms with Gasteiger partial charge in [0.15, 0.2) is 6.10 Å². The first kappa shape index (κ1) is 58.4. The van der Waals surface area contributed by atoms with Crippen LogP contribution in [0.4, 0.5) is 0 Å². The zero-order chi connectivity index (χ0) is 44.4. The lowest BCUT2D eigenvalue weighted by atomic mass is 10.0. The average Bonchev–Trinajstić information content (AvgIpc) is 3.26. The number of hydrogen-bond donors (Lipinski definition) is 0. The molecule has 0 radical (unpaired) electrons. The Morgan fingerprint density at radius 3 is 1.00 bits per heavy atom. The van der Waals surface area contributed by atoms with Gasteiger partial charge < -0.3 is 14.2 Å². The van der Waals surface area contributed by atoms with Gasteiger partial charge in [-0.15, -0.1) is 0 Å². The molecule has 0 fully saturated rings. The van der Waals surface area contributed by atoms with Crippen LogP contribution in [0, 0.1) is 0 Å². The molecule has 0 heterocycles. The zero-order valence-electron chi connectivity index (χ0n) is 40.4. The number of ether oxygens (including phenoxy) is 3. The van der Waals surface area contributed by atoms with E-state index >= 15 is 0 Å². The van der Waals surface area contributed by atoms with Crippen molar-refractivity contribution >= 4 is 17.9 Å². The fourth-order valence-corrected chi connectivity index (χ4v) is 7.43. The average molecular weight is 855 g/mol. The Kier molecular flexibility index (Phi) is 47.9. The van der Waals surface area contributed by atoms with Gasteiger partial charge in [0.2, 0.25) is 0 Å². The zero-order valence-corrected chi connectivity index (χ0v) is 40.4. The summed E-state index contributed by atoms with van der Waals surface area (Å²) in [7, 11) is 0. The molecule has 0 bridgehead atoms. The van der Waals surface area contributed by atoms with Crippen molar-refractivity contribution in [2.45, 2.75) is 271 Å². The maximum absolute atomic E-state index is 12.7. The van der Waals surface area contributed by atoms with Crippen molar-refractivity contribution in [3.8, 4) is 0 Å². The van der Waals surface area contributed by atoms with Crippen molar-refractivity contribution in [1.82, 2.24) is 0 Å². The highest BCUT2D eigenvalue weighted by Crippen LogP contribution is 2.16. The van der Waals surface area contributed by atoms with Crippen LogP contribution < -0.4 is 0 Å². The Labute approximate surface area is 378 Å². The van der Waals surface area contributed by atoms with Crippen LogP contribution in [0.1, 0.15) is 265 Å². The normalized spacial score (nSPS) is 12.4. The van der Waals surface area contributed by atoms with E-state index in [0.717, 1.165) is 89.9 Å². The van der Waals surface area contributed by atoms with Crippen molar-refractivity contribution in [1.29, 1.82) is 0 Å². The highest BCUT2D eigenvalue weighted by atomic mass is 16.6. The van der Waals surface area contributed by atoms with Gasteiger partial charge in [-0.3, -0.25) is 14.4 Å². The standard InChI is InChI=1S/C55H98O6/c1-4-7-10-13-16-18-20-22-24-26-27-28-29-30-32-33-35-37-39-42-45-48-54(57)60-51-52(50-59-53(56)47-44-41-15-12-9-6-3)61-55(58)49-46-43-40-38-36-34-31-25-23-21-19-17-14-11-8-5-2/h7,10,16,18,22,24,27-28,52H,4-6,8-9,11-15,17,19-21,23,25-26,29-51H2,1-3H3/b10-7-,18-16-,24-22-,28-27-. The van der Waals surface area contributed by atoms with Crippen LogP contribution in [0.25, 0.3) is 0 Å². The first-order valence-corrected chi connectivity index (χ1v) is 26.1. The molecule has 0 aromatic heterocycles. The predicted octanol–water partition coefficient (Wildman–Crippen LogP) is 17.1. The largest absolute Gasteiger partial charge is 0.462 e. The van der Waals surface area contributed by atoms with Crippen molar-refractivity contribution in [2.75, 3.05) is 13.2 Å². The van der Waals surface area contributed by atoms with Crippen LogP contribution in [0.15, 0.2) is 48.6 Å². The molecule has 0 spiro atoms. The highest BCUT2D eigenvalue weighted by molar-refractivity contribution is 5.71. The first-order valence-electron chi connectivity index (χ1n) is 26.1. The summed E-state index contributed by atoms with van der Waals surface area (Å²) in [5.74, 6) is -0.882. The number of carbonyl (C=O) groups is 3. The second-order valence-corrected chi connectivity index (χ2v) is 17.4. The van der Waals surface area contributed by atoms with E-state index in [2.05, 4.69) is 69.4 Å². The summed E-state index contributed by atoms with van der Waals surface area (Å²) in [5.41, 5.74) is 0. The second-order valence-electron chi connectivity index (χ2n) is 17.4. The van der Waals surface area contributed by atoms with Crippen LogP contribution in [0.3, 0.4) is 0 Å². The molecular weight excluding hydrogens is 757 g/mol. The summed E-state index contributed by atoms with van der Waals surface area (Å²) in [4.78, 5) is 37.8. The third-order valence-corrected chi connectivity index (χ3v) is 11.3. The monoisotopic (exact) mass is 855 g/mol. The number of hydrogen-bond acceptors (Lipinski definition) is 6. The topological polar surface area (TPSA) is 78.9 Å². The summed E-state index contributed by atoms with van der Waals surface area (Å²) < 4.78 is 16.7. The minimum Gasteiger partial charge on any atom is -0.462 e. The van der Waals surface area contributed by atoms with Gasteiger partial charge in [0, 0.05) is 19.3 Å². The van der Waals surface area contributed by atoms with Gasteiger partial charge in [-0.25, -0.2) is 0 Å². The van der Waals surface area contributed by atoms with Gasteiger partial charge in [-0.1, -0.05) is 236 Å². The fraction of sp³-hybridized carbons (Fsp3) is 0.800. The van der Waals surface area contributed by atoms with E-state index in [0.29, 0.717) is 19.3 Å². The van der Waals surface area contributed by atoms with E-state index in [9.17, 15) is 14.4 Å². The summed E-state index contributed by atoms with van der Waals surface area (Å²) in [6.45, 7) is 6.48. The number of esters is 3. The molecule has 0 N–H and O–H groups in total. The van der Waals surface area contributed by atoms with E-state index in [1.807, 2.05) is 0 Å². The van der Waals surface area contributed by atoms with Gasteiger partial charge in [-0.05, 0) is 57.8 Å². The molecule has 354 valence electrons. The van der Waals surface area contributed by atoms with Gasteiger partial charge in [-0.2, -0.15) is 0 Å². The Bertz CT molecular complexity index is 1070. The van der Waals surface area contributed by atoms with Gasteiger partial charge in [0.05, 0.1) is 0 Å². The van der Waals surface area contributed by atoms with Crippen molar-refractivity contribution in [2.24, 2.45) is 0 Å². The lowest BCUT2D eigenvalue weighted by Crippen LogP contribution is -2.30. The molecule has 1 unspecified atom stereocenters. The lowest BCUT2D eigenvalue weighted by Gasteiger charge is -2.18. The molecule has 0 rings (SSSR count). The van der Waals surface area contributed by atoms with E-state index < -0.39 is 6.10 Å². The van der Waals surface area contributed by atoms with Crippen LogP contribution in [-0.4, -0.2) is 37.2 Å². The molecule has 0 aliphatic carbocycles. The molecule has 0 saturated heterocycles. The Hall–Kier alpha value is -2.63. The van der Waals surface area contributed by atoms with E-state index in [4.69, 9.17) is 14.2 Å². The quantitative estimate of drug-likeness (QED) is 0.0263. The van der Waals surface area contributed by atoms with Gasteiger partial charge in [0.1, 0.15) is 13.2 Å². The summed E-state index contributed by atoms with van der Waals surface area (Å²) in [5, 5.41) is 0. The van der Waals surface area contributed by atoms with Gasteiger partial charge >= 0.3 is 17.9 Å². The Morgan fingerprint density at radius 2 is 0.639 bits per heavy atom. The maximum Gasteiger partial charge on any atom is 0.306 e. The third kappa shape index (κ3) is 48.3. The summed E-state index contributed by atoms with van der Waals surface area (Å²) in [6, 6.07) is 0. The van der Waals surface area contributed by atoms with E-state index in [1.165, 1.54) is 135 Å². The van der Waals surface area contributed by atoms with Crippen LogP contribution >= 0.6 is 0 Å². The molecule has 0 aromatic rings. The Morgan fingerprint density at radius 1 is 0.344 bits per heavy atom. The predicted molar refractivity (Wildman–Crippen MR) is 261 cm³/mol. The van der Waals surface area contributed by atoms with Crippen LogP contribution in [0.5, 0.6) is 0 Å². The molecule has 0 saturated carbocycles. The molecule has 6 nitrogen and oxygen atoms in total. The highest BCUT2D eigenvalue weighted by Gasteiger charge is 2.19. The summed E-state index contributed by atoms with van der Waals surface area (Å²) >= 11 is 0. The minimum atomic E-state index is -0.770. The molecule has 61 heavy (non-hydrogen) atoms. The smallest absolute Gasteiger partial charge is 0.306 e. The molecule has 6 heteroatoms. The van der Waals surface area contributed by atoms with Crippen molar-refractivity contribution in [3.05, 3.63) is 48.6 Å². The molecule has 0 amide bonds. The van der Waals surface area contributed by atoms with E-state index in [-0.39, 0.29) is 31.1 Å². The molecular formula is C55H98O6. The number of rotatable bonds is 47. The summed E-state index contributed by atoms with van der Waals surface area (Å²) in [6.07, 6.45) is 59.8. The van der Waals surface area contributed by atoms with Gasteiger partial charge in [0.25, 0.3) is 0 Å². The molecule has 0 aliphatic heterocycles. The minimum absolute atomic E-state index is 0.0733. The third-order valence-electron chi connectivity index (χ3n) is 11.3. The second kappa shape index (κ2) is 50.0. The Balaban J connectivity index is 4.18. The number of allylic oxidation sites excluding steroid dienone is 8. The molecule has 1 atom stereocenters.